The molecule has 142 valence electrons. The summed E-state index contributed by atoms with van der Waals surface area (Å²) < 4.78 is 29.1. The molecule has 8 heteroatoms. The summed E-state index contributed by atoms with van der Waals surface area (Å²) in [7, 11) is 0. The Balaban J connectivity index is 1.67. The third-order valence-electron chi connectivity index (χ3n) is 5.15. The highest BCUT2D eigenvalue weighted by Crippen LogP contribution is 2.24. The first-order valence-corrected chi connectivity index (χ1v) is 9.23. The Kier molecular flexibility index (Phi) is 4.63. The lowest BCUT2D eigenvalue weighted by molar-refractivity contribution is 0.447. The first-order valence-electron chi connectivity index (χ1n) is 9.23. The highest BCUT2D eigenvalue weighted by molar-refractivity contribution is 5.45. The van der Waals surface area contributed by atoms with Crippen molar-refractivity contribution >= 4 is 11.6 Å². The predicted molar refractivity (Wildman–Crippen MR) is 98.0 cm³/mol. The fourth-order valence-electron chi connectivity index (χ4n) is 3.70. The molecule has 0 bridgehead atoms. The quantitative estimate of drug-likeness (QED) is 0.706. The van der Waals surface area contributed by atoms with E-state index < -0.39 is 11.6 Å². The fraction of sp³-hybridized carbons (Fsp3) is 0.421. The average Bonchev–Trinajstić information content (AvgIpc) is 2.99. The third kappa shape index (κ3) is 3.31. The van der Waals surface area contributed by atoms with E-state index in [1.54, 1.807) is 6.20 Å². The Morgan fingerprint density at radius 1 is 1.19 bits per heavy atom. The molecule has 4 rings (SSSR count). The van der Waals surface area contributed by atoms with E-state index >= 15 is 0 Å². The predicted octanol–water partition coefficient (Wildman–Crippen LogP) is 2.99. The number of fused-ring (bicyclic) bond motifs is 1. The van der Waals surface area contributed by atoms with Gasteiger partial charge in [0.1, 0.15) is 5.82 Å². The summed E-state index contributed by atoms with van der Waals surface area (Å²) in [6.45, 7) is 3.17. The summed E-state index contributed by atoms with van der Waals surface area (Å²) in [4.78, 5) is 19.4. The lowest BCUT2D eigenvalue weighted by Crippen LogP contribution is -2.39. The van der Waals surface area contributed by atoms with Gasteiger partial charge in [-0.3, -0.25) is 0 Å². The number of anilines is 1. The van der Waals surface area contributed by atoms with E-state index in [0.717, 1.165) is 43.8 Å². The van der Waals surface area contributed by atoms with Crippen molar-refractivity contribution in [2.75, 3.05) is 11.4 Å². The minimum atomic E-state index is -0.944. The maximum absolute atomic E-state index is 13.4. The van der Waals surface area contributed by atoms with Gasteiger partial charge in [-0.25, -0.2) is 22.7 Å². The molecule has 0 radical (unpaired) electrons. The average molecular weight is 373 g/mol. The minimum absolute atomic E-state index is 0.0516. The van der Waals surface area contributed by atoms with Gasteiger partial charge in [0.25, 0.3) is 5.78 Å². The summed E-state index contributed by atoms with van der Waals surface area (Å²) in [5, 5.41) is 4.28. The maximum atomic E-state index is 13.4. The monoisotopic (exact) mass is 373 g/mol. The number of hydrogen-bond acceptors (Lipinski definition) is 4. The van der Waals surface area contributed by atoms with Crippen LogP contribution in [0.25, 0.3) is 5.78 Å². The fourth-order valence-corrected chi connectivity index (χ4v) is 3.70. The van der Waals surface area contributed by atoms with Crippen LogP contribution in [-0.4, -0.2) is 31.8 Å². The van der Waals surface area contributed by atoms with Crippen LogP contribution in [0.15, 0.2) is 35.3 Å². The molecule has 27 heavy (non-hydrogen) atoms. The van der Waals surface area contributed by atoms with Crippen molar-refractivity contribution in [1.82, 2.24) is 19.2 Å². The number of piperidine rings is 1. The molecule has 1 aliphatic rings. The van der Waals surface area contributed by atoms with Crippen molar-refractivity contribution in [3.05, 3.63) is 58.1 Å². The first kappa shape index (κ1) is 17.6. The van der Waals surface area contributed by atoms with Crippen molar-refractivity contribution in [1.29, 1.82) is 0 Å². The van der Waals surface area contributed by atoms with Gasteiger partial charge in [-0.1, -0.05) is 13.0 Å². The molecule has 1 aliphatic heterocycles. The zero-order chi connectivity index (χ0) is 19.0. The first-order chi connectivity index (χ1) is 13.1. The van der Waals surface area contributed by atoms with E-state index in [-0.39, 0.29) is 12.2 Å². The molecule has 0 amide bonds. The second-order valence-corrected chi connectivity index (χ2v) is 6.90. The van der Waals surface area contributed by atoms with Gasteiger partial charge in [0.05, 0.1) is 6.54 Å². The van der Waals surface area contributed by atoms with Crippen molar-refractivity contribution in [3.63, 3.8) is 0 Å². The van der Waals surface area contributed by atoms with E-state index in [0.29, 0.717) is 17.4 Å². The number of hydrogen-bond donors (Lipinski definition) is 0. The van der Waals surface area contributed by atoms with Crippen LogP contribution < -0.4 is 10.6 Å². The van der Waals surface area contributed by atoms with E-state index in [1.807, 2.05) is 6.07 Å². The molecule has 3 heterocycles. The highest BCUT2D eigenvalue weighted by atomic mass is 19.2. The number of nitrogens with zero attached hydrogens (tertiary/aromatic N) is 5. The van der Waals surface area contributed by atoms with Gasteiger partial charge < -0.3 is 4.90 Å². The summed E-state index contributed by atoms with van der Waals surface area (Å²) in [6.07, 6.45) is 6.21. The van der Waals surface area contributed by atoms with Gasteiger partial charge in [-0.2, -0.15) is 4.98 Å². The summed E-state index contributed by atoms with van der Waals surface area (Å²) in [5.74, 6) is -0.737. The van der Waals surface area contributed by atoms with Gasteiger partial charge in [-0.05, 0) is 49.4 Å². The number of halogens is 2. The van der Waals surface area contributed by atoms with Crippen molar-refractivity contribution in [2.45, 2.75) is 45.2 Å². The van der Waals surface area contributed by atoms with Crippen molar-refractivity contribution in [3.8, 4) is 0 Å². The van der Waals surface area contributed by atoms with Gasteiger partial charge in [-0.15, -0.1) is 5.10 Å². The van der Waals surface area contributed by atoms with Crippen LogP contribution in [0, 0.1) is 11.6 Å². The molecule has 1 saturated heterocycles. The Hall–Kier alpha value is -2.77. The zero-order valence-corrected chi connectivity index (χ0v) is 15.1. The third-order valence-corrected chi connectivity index (χ3v) is 5.15. The Morgan fingerprint density at radius 2 is 2.04 bits per heavy atom. The Bertz CT molecular complexity index is 1030. The van der Waals surface area contributed by atoms with Gasteiger partial charge in [0.15, 0.2) is 11.6 Å². The van der Waals surface area contributed by atoms with Crippen LogP contribution in [0.3, 0.4) is 0 Å². The van der Waals surface area contributed by atoms with E-state index in [1.165, 1.54) is 21.6 Å². The van der Waals surface area contributed by atoms with Crippen molar-refractivity contribution in [2.24, 2.45) is 0 Å². The minimum Gasteiger partial charge on any atom is -0.353 e. The largest absolute Gasteiger partial charge is 0.353 e. The molecule has 0 N–H and O–H groups in total. The smallest absolute Gasteiger partial charge is 0.351 e. The molecular weight excluding hydrogens is 352 g/mol. The normalized spacial score (nSPS) is 17.6. The SMILES string of the molecule is CCC1CCCCN1c1ccn2c(=O)n(Cc3ccc(F)c(F)c3)nc2n1. The second-order valence-electron chi connectivity index (χ2n) is 6.90. The van der Waals surface area contributed by atoms with Crippen molar-refractivity contribution < 1.29 is 8.78 Å². The summed E-state index contributed by atoms with van der Waals surface area (Å²) in [5.41, 5.74) is 0.0983. The highest BCUT2D eigenvalue weighted by Gasteiger charge is 2.23. The topological polar surface area (TPSA) is 55.4 Å². The Labute approximate surface area is 155 Å². The lowest BCUT2D eigenvalue weighted by Gasteiger charge is -2.36. The molecule has 1 fully saturated rings. The molecule has 1 atom stereocenters. The van der Waals surface area contributed by atoms with Gasteiger partial charge in [0.2, 0.25) is 0 Å². The van der Waals surface area contributed by atoms with Gasteiger partial charge >= 0.3 is 5.69 Å². The maximum Gasteiger partial charge on any atom is 0.351 e. The standard InChI is InChI=1S/C19H21F2N5O/c1-2-14-5-3-4-9-24(14)17-8-10-25-18(22-17)23-26(19(25)27)12-13-6-7-15(20)16(21)11-13/h6-8,10-11,14H,2-5,9,12H2,1H3. The molecular formula is C19H21F2N5O. The van der Waals surface area contributed by atoms with E-state index in [9.17, 15) is 13.6 Å². The number of benzene rings is 1. The summed E-state index contributed by atoms with van der Waals surface area (Å²) >= 11 is 0. The van der Waals surface area contributed by atoms with Gasteiger partial charge in [0, 0.05) is 18.8 Å². The molecule has 1 unspecified atom stereocenters. The molecule has 3 aromatic rings. The number of rotatable bonds is 4. The molecule has 2 aromatic heterocycles. The second kappa shape index (κ2) is 7.09. The van der Waals surface area contributed by atoms with Crippen LogP contribution in [0.5, 0.6) is 0 Å². The van der Waals surface area contributed by atoms with E-state index in [2.05, 4.69) is 21.9 Å². The Morgan fingerprint density at radius 3 is 2.81 bits per heavy atom. The molecule has 0 aliphatic carbocycles. The van der Waals surface area contributed by atoms with E-state index in [4.69, 9.17) is 0 Å². The van der Waals surface area contributed by atoms with Crippen LogP contribution in [-0.2, 0) is 6.54 Å². The molecule has 1 aromatic carbocycles. The van der Waals surface area contributed by atoms with Crippen LogP contribution >= 0.6 is 0 Å². The summed E-state index contributed by atoms with van der Waals surface area (Å²) in [6, 6.07) is 5.84. The molecule has 6 nitrogen and oxygen atoms in total. The van der Waals surface area contributed by atoms with Crippen LogP contribution in [0.1, 0.15) is 38.2 Å². The lowest BCUT2D eigenvalue weighted by atomic mass is 10.0. The molecule has 0 saturated carbocycles. The zero-order valence-electron chi connectivity index (χ0n) is 15.1. The van der Waals surface area contributed by atoms with Crippen LogP contribution in [0.4, 0.5) is 14.6 Å². The van der Waals surface area contributed by atoms with Crippen LogP contribution in [0.2, 0.25) is 0 Å². The molecule has 0 spiro atoms. The number of aromatic nitrogens is 4.